The fraction of sp³-hybridized carbons (Fsp3) is 0.222. The molecule has 0 bridgehead atoms. The number of aromatic nitrogens is 2. The van der Waals surface area contributed by atoms with Crippen molar-refractivity contribution >= 4 is 6.08 Å². The van der Waals surface area contributed by atoms with Gasteiger partial charge in [-0.2, -0.15) is 0 Å². The van der Waals surface area contributed by atoms with Crippen molar-refractivity contribution in [3.63, 3.8) is 0 Å². The second kappa shape index (κ2) is 3.19. The monoisotopic (exact) mass is 148 g/mol. The van der Waals surface area contributed by atoms with Gasteiger partial charge in [0.1, 0.15) is 5.82 Å². The highest BCUT2D eigenvalue weighted by molar-refractivity contribution is 5.49. The molecule has 11 heavy (non-hydrogen) atoms. The van der Waals surface area contributed by atoms with E-state index < -0.39 is 0 Å². The van der Waals surface area contributed by atoms with Gasteiger partial charge in [0.25, 0.3) is 0 Å². The number of hydrogen-bond donors (Lipinski definition) is 1. The van der Waals surface area contributed by atoms with Crippen molar-refractivity contribution < 1.29 is 0 Å². The van der Waals surface area contributed by atoms with Crippen LogP contribution in [0, 0.1) is 13.8 Å². The van der Waals surface area contributed by atoms with Gasteiger partial charge in [0.2, 0.25) is 0 Å². The molecule has 0 atom stereocenters. The molecule has 1 aromatic heterocycles. The lowest BCUT2D eigenvalue weighted by Gasteiger charge is -1.83. The lowest BCUT2D eigenvalue weighted by molar-refractivity contribution is 1.13. The van der Waals surface area contributed by atoms with Gasteiger partial charge in [-0.3, -0.25) is 0 Å². The van der Waals surface area contributed by atoms with E-state index in [1.807, 2.05) is 26.0 Å². The van der Waals surface area contributed by atoms with Gasteiger partial charge >= 0.3 is 0 Å². The number of nitrogens with zero attached hydrogens (tertiary/aromatic N) is 1. The molecule has 0 radical (unpaired) electrons. The lowest BCUT2D eigenvalue weighted by atomic mass is 10.3. The summed E-state index contributed by atoms with van der Waals surface area (Å²) < 4.78 is 0. The topological polar surface area (TPSA) is 28.7 Å². The van der Waals surface area contributed by atoms with Crippen molar-refractivity contribution in [3.05, 3.63) is 35.9 Å². The van der Waals surface area contributed by atoms with Crippen molar-refractivity contribution in [3.8, 4) is 0 Å². The van der Waals surface area contributed by atoms with Gasteiger partial charge in [-0.15, -0.1) is 0 Å². The van der Waals surface area contributed by atoms with Gasteiger partial charge in [0, 0.05) is 5.69 Å². The number of imidazole rings is 1. The first-order valence-electron chi connectivity index (χ1n) is 3.56. The molecule has 1 heterocycles. The Bertz CT molecular complexity index is 282. The van der Waals surface area contributed by atoms with E-state index in [0.29, 0.717) is 0 Å². The van der Waals surface area contributed by atoms with Gasteiger partial charge < -0.3 is 4.98 Å². The van der Waals surface area contributed by atoms with Gasteiger partial charge in [-0.1, -0.05) is 18.7 Å². The van der Waals surface area contributed by atoms with E-state index in [4.69, 9.17) is 0 Å². The van der Waals surface area contributed by atoms with Crippen LogP contribution in [-0.2, 0) is 0 Å². The predicted octanol–water partition coefficient (Wildman–Crippen LogP) is 2.23. The van der Waals surface area contributed by atoms with E-state index in [0.717, 1.165) is 17.2 Å². The molecule has 0 aliphatic rings. The first kappa shape index (κ1) is 7.79. The maximum atomic E-state index is 4.26. The molecule has 1 N–H and O–H groups in total. The maximum Gasteiger partial charge on any atom is 0.103 e. The number of rotatable bonds is 2. The normalized spacial score (nSPS) is 10.7. The van der Waals surface area contributed by atoms with E-state index >= 15 is 0 Å². The van der Waals surface area contributed by atoms with Crippen LogP contribution < -0.4 is 0 Å². The molecule has 0 spiro atoms. The Kier molecular flexibility index (Phi) is 2.26. The molecule has 1 rings (SSSR count). The summed E-state index contributed by atoms with van der Waals surface area (Å²) in [5.41, 5.74) is 2.09. The highest BCUT2D eigenvalue weighted by Crippen LogP contribution is 2.05. The van der Waals surface area contributed by atoms with Gasteiger partial charge in [-0.05, 0) is 19.9 Å². The minimum absolute atomic E-state index is 0.950. The molecule has 0 unspecified atom stereocenters. The SMILES string of the molecule is C=C/C=C\c1nc(C)[nH]c1C. The number of aromatic amines is 1. The molecule has 58 valence electrons. The summed E-state index contributed by atoms with van der Waals surface area (Å²) in [7, 11) is 0. The van der Waals surface area contributed by atoms with E-state index in [1.165, 1.54) is 0 Å². The Labute approximate surface area is 66.7 Å². The van der Waals surface area contributed by atoms with Crippen molar-refractivity contribution in [1.82, 2.24) is 9.97 Å². The highest BCUT2D eigenvalue weighted by Gasteiger charge is 1.97. The minimum atomic E-state index is 0.950. The number of aryl methyl sites for hydroxylation is 2. The third kappa shape index (κ3) is 1.80. The summed E-state index contributed by atoms with van der Waals surface area (Å²) in [6, 6.07) is 0. The zero-order valence-electron chi connectivity index (χ0n) is 6.89. The van der Waals surface area contributed by atoms with Crippen molar-refractivity contribution in [2.45, 2.75) is 13.8 Å². The highest BCUT2D eigenvalue weighted by atomic mass is 14.9. The molecular formula is C9H12N2. The number of hydrogen-bond acceptors (Lipinski definition) is 1. The van der Waals surface area contributed by atoms with E-state index in [1.54, 1.807) is 6.08 Å². The van der Waals surface area contributed by atoms with E-state index in [2.05, 4.69) is 16.5 Å². The van der Waals surface area contributed by atoms with E-state index in [9.17, 15) is 0 Å². The van der Waals surface area contributed by atoms with Crippen LogP contribution in [0.4, 0.5) is 0 Å². The molecule has 1 aromatic rings. The van der Waals surface area contributed by atoms with E-state index in [-0.39, 0.29) is 0 Å². The molecule has 0 amide bonds. The first-order chi connectivity index (χ1) is 5.24. The molecular weight excluding hydrogens is 136 g/mol. The van der Waals surface area contributed by atoms with Crippen LogP contribution in [0.15, 0.2) is 18.7 Å². The minimum Gasteiger partial charge on any atom is -0.346 e. The maximum absolute atomic E-state index is 4.26. The average Bonchev–Trinajstić information content (AvgIpc) is 2.26. The zero-order chi connectivity index (χ0) is 8.27. The first-order valence-corrected chi connectivity index (χ1v) is 3.56. The Morgan fingerprint density at radius 3 is 2.64 bits per heavy atom. The molecule has 2 heteroatoms. The Morgan fingerprint density at radius 1 is 1.45 bits per heavy atom. The van der Waals surface area contributed by atoms with Gasteiger partial charge in [0.15, 0.2) is 0 Å². The van der Waals surface area contributed by atoms with Crippen LogP contribution in [0.5, 0.6) is 0 Å². The summed E-state index contributed by atoms with van der Waals surface area (Å²) >= 11 is 0. The summed E-state index contributed by atoms with van der Waals surface area (Å²) in [5.74, 6) is 0.950. The quantitative estimate of drug-likeness (QED) is 0.640. The number of nitrogens with one attached hydrogen (secondary N) is 1. The smallest absolute Gasteiger partial charge is 0.103 e. The Morgan fingerprint density at radius 2 is 2.18 bits per heavy atom. The summed E-state index contributed by atoms with van der Waals surface area (Å²) in [6.45, 7) is 7.53. The van der Waals surface area contributed by atoms with Gasteiger partial charge in [0.05, 0.1) is 5.69 Å². The van der Waals surface area contributed by atoms with Crippen LogP contribution in [0.2, 0.25) is 0 Å². The third-order valence-electron chi connectivity index (χ3n) is 1.43. The second-order valence-electron chi connectivity index (χ2n) is 2.43. The van der Waals surface area contributed by atoms with Crippen LogP contribution in [-0.4, -0.2) is 9.97 Å². The van der Waals surface area contributed by atoms with Crippen LogP contribution in [0.3, 0.4) is 0 Å². The zero-order valence-corrected chi connectivity index (χ0v) is 6.89. The molecule has 0 aromatic carbocycles. The standard InChI is InChI=1S/C9H12N2/c1-4-5-6-9-7(2)10-8(3)11-9/h4-6H,1H2,2-3H3,(H,10,11)/b6-5-. The summed E-state index contributed by atoms with van der Waals surface area (Å²) in [6.07, 6.45) is 5.55. The molecule has 0 saturated heterocycles. The Balaban J connectivity index is 2.93. The number of H-pyrrole nitrogens is 1. The van der Waals surface area contributed by atoms with Crippen molar-refractivity contribution in [1.29, 1.82) is 0 Å². The van der Waals surface area contributed by atoms with Crippen LogP contribution in [0.1, 0.15) is 17.2 Å². The fourth-order valence-electron chi connectivity index (χ4n) is 0.949. The van der Waals surface area contributed by atoms with Crippen LogP contribution in [0.25, 0.3) is 6.08 Å². The molecule has 0 saturated carbocycles. The van der Waals surface area contributed by atoms with Gasteiger partial charge in [-0.25, -0.2) is 4.98 Å². The molecule has 0 fully saturated rings. The fourth-order valence-corrected chi connectivity index (χ4v) is 0.949. The summed E-state index contributed by atoms with van der Waals surface area (Å²) in [5, 5.41) is 0. The molecule has 2 nitrogen and oxygen atoms in total. The average molecular weight is 148 g/mol. The third-order valence-corrected chi connectivity index (χ3v) is 1.43. The predicted molar refractivity (Wildman–Crippen MR) is 47.3 cm³/mol. The largest absolute Gasteiger partial charge is 0.346 e. The Hall–Kier alpha value is -1.31. The van der Waals surface area contributed by atoms with Crippen molar-refractivity contribution in [2.75, 3.05) is 0 Å². The van der Waals surface area contributed by atoms with Crippen LogP contribution >= 0.6 is 0 Å². The summed E-state index contributed by atoms with van der Waals surface area (Å²) in [4.78, 5) is 7.38. The molecule has 0 aliphatic carbocycles. The second-order valence-corrected chi connectivity index (χ2v) is 2.43. The van der Waals surface area contributed by atoms with Crippen molar-refractivity contribution in [2.24, 2.45) is 0 Å². The number of allylic oxidation sites excluding steroid dienone is 2. The molecule has 0 aliphatic heterocycles. The lowest BCUT2D eigenvalue weighted by Crippen LogP contribution is -1.74.